The van der Waals surface area contributed by atoms with Crippen LogP contribution in [0.2, 0.25) is 0 Å². The molecule has 1 N–H and O–H groups in total. The van der Waals surface area contributed by atoms with Gasteiger partial charge in [-0.05, 0) is 30.3 Å². The predicted octanol–water partition coefficient (Wildman–Crippen LogP) is 5.39. The molecule has 154 valence electrons. The van der Waals surface area contributed by atoms with Crippen LogP contribution in [0.25, 0.3) is 21.8 Å². The number of carbonyl (C=O) groups is 1. The van der Waals surface area contributed by atoms with Crippen molar-refractivity contribution in [1.82, 2.24) is 4.98 Å². The van der Waals surface area contributed by atoms with E-state index in [1.165, 1.54) is 17.4 Å². The Morgan fingerprint density at radius 1 is 0.968 bits per heavy atom. The van der Waals surface area contributed by atoms with Gasteiger partial charge in [0, 0.05) is 16.5 Å². The Morgan fingerprint density at radius 2 is 1.68 bits per heavy atom. The summed E-state index contributed by atoms with van der Waals surface area (Å²) < 4.78 is 25.6. The second-order valence-corrected chi connectivity index (χ2v) is 7.77. The third kappa shape index (κ3) is 3.87. The number of rotatable bonds is 4. The Kier molecular flexibility index (Phi) is 5.09. The van der Waals surface area contributed by atoms with Gasteiger partial charge in [0.05, 0.1) is 11.4 Å². The number of amides is 1. The minimum absolute atomic E-state index is 0.124. The summed E-state index contributed by atoms with van der Waals surface area (Å²) in [6.07, 6.45) is -0.771. The van der Waals surface area contributed by atoms with Crippen LogP contribution in [-0.4, -0.2) is 23.6 Å². The number of halogens is 1. The van der Waals surface area contributed by atoms with E-state index in [1.807, 2.05) is 35.7 Å². The number of benzene rings is 3. The lowest BCUT2D eigenvalue weighted by Gasteiger charge is -2.25. The molecule has 3 aromatic carbocycles. The maximum atomic E-state index is 14.1. The SMILES string of the molecule is O=C(Nc1ccccc1-c1csc(-c2ccccc2F)n1)[C@H]1COc2ccccc2O1. The van der Waals surface area contributed by atoms with Gasteiger partial charge in [0.25, 0.3) is 5.91 Å². The summed E-state index contributed by atoms with van der Waals surface area (Å²) in [6.45, 7) is 0.124. The lowest BCUT2D eigenvalue weighted by molar-refractivity contribution is -0.125. The molecule has 1 amide bonds. The molecule has 0 radical (unpaired) electrons. The van der Waals surface area contributed by atoms with Gasteiger partial charge in [-0.15, -0.1) is 11.3 Å². The van der Waals surface area contributed by atoms with Crippen molar-refractivity contribution in [3.05, 3.63) is 84.0 Å². The van der Waals surface area contributed by atoms with E-state index in [-0.39, 0.29) is 18.3 Å². The molecule has 0 saturated carbocycles. The van der Waals surface area contributed by atoms with E-state index in [1.54, 1.807) is 36.4 Å². The van der Waals surface area contributed by atoms with Crippen molar-refractivity contribution in [3.63, 3.8) is 0 Å². The number of hydrogen-bond acceptors (Lipinski definition) is 5. The van der Waals surface area contributed by atoms with Gasteiger partial charge in [0.1, 0.15) is 17.4 Å². The largest absolute Gasteiger partial charge is 0.485 e. The number of para-hydroxylation sites is 3. The van der Waals surface area contributed by atoms with Crippen molar-refractivity contribution >= 4 is 22.9 Å². The highest BCUT2D eigenvalue weighted by Crippen LogP contribution is 2.34. The molecule has 31 heavy (non-hydrogen) atoms. The molecule has 1 aliphatic heterocycles. The van der Waals surface area contributed by atoms with Gasteiger partial charge in [-0.25, -0.2) is 9.37 Å². The molecule has 1 aliphatic rings. The van der Waals surface area contributed by atoms with Crippen LogP contribution in [0.15, 0.2) is 78.2 Å². The summed E-state index contributed by atoms with van der Waals surface area (Å²) in [7, 11) is 0. The van der Waals surface area contributed by atoms with E-state index in [9.17, 15) is 9.18 Å². The molecule has 1 aromatic heterocycles. The summed E-state index contributed by atoms with van der Waals surface area (Å²) in [4.78, 5) is 17.4. The zero-order valence-corrected chi connectivity index (χ0v) is 17.1. The zero-order chi connectivity index (χ0) is 21.2. The third-order valence-electron chi connectivity index (χ3n) is 4.87. The van der Waals surface area contributed by atoms with Crippen LogP contribution < -0.4 is 14.8 Å². The topological polar surface area (TPSA) is 60.5 Å². The average molecular weight is 432 g/mol. The number of fused-ring (bicyclic) bond motifs is 1. The van der Waals surface area contributed by atoms with Gasteiger partial charge < -0.3 is 14.8 Å². The van der Waals surface area contributed by atoms with Crippen molar-refractivity contribution in [2.75, 3.05) is 11.9 Å². The quantitative estimate of drug-likeness (QED) is 0.469. The Labute approximate surface area is 182 Å². The highest BCUT2D eigenvalue weighted by molar-refractivity contribution is 7.13. The van der Waals surface area contributed by atoms with Crippen molar-refractivity contribution in [1.29, 1.82) is 0 Å². The molecule has 4 aromatic rings. The molecule has 0 saturated heterocycles. The molecular formula is C24H17FN2O3S. The summed E-state index contributed by atoms with van der Waals surface area (Å²) in [6, 6.07) is 21.1. The van der Waals surface area contributed by atoms with Gasteiger partial charge in [0.15, 0.2) is 11.5 Å². The maximum Gasteiger partial charge on any atom is 0.269 e. The van der Waals surface area contributed by atoms with Gasteiger partial charge in [-0.2, -0.15) is 0 Å². The number of hydrogen-bond donors (Lipinski definition) is 1. The monoisotopic (exact) mass is 432 g/mol. The molecule has 5 rings (SSSR count). The molecule has 7 heteroatoms. The highest BCUT2D eigenvalue weighted by atomic mass is 32.1. The van der Waals surface area contributed by atoms with E-state index in [4.69, 9.17) is 9.47 Å². The van der Waals surface area contributed by atoms with Crippen LogP contribution >= 0.6 is 11.3 Å². The van der Waals surface area contributed by atoms with Gasteiger partial charge in [-0.1, -0.05) is 42.5 Å². The fraction of sp³-hybridized carbons (Fsp3) is 0.0833. The fourth-order valence-electron chi connectivity index (χ4n) is 3.33. The molecule has 0 aliphatic carbocycles. The summed E-state index contributed by atoms with van der Waals surface area (Å²) >= 11 is 1.35. The third-order valence-corrected chi connectivity index (χ3v) is 5.75. The fourth-order valence-corrected chi connectivity index (χ4v) is 4.18. The van der Waals surface area contributed by atoms with Crippen molar-refractivity contribution in [2.45, 2.75) is 6.10 Å². The van der Waals surface area contributed by atoms with Crippen LogP contribution in [0.1, 0.15) is 0 Å². The lowest BCUT2D eigenvalue weighted by atomic mass is 10.1. The Morgan fingerprint density at radius 3 is 2.52 bits per heavy atom. The highest BCUT2D eigenvalue weighted by Gasteiger charge is 2.28. The summed E-state index contributed by atoms with van der Waals surface area (Å²) in [5.41, 5.74) is 2.45. The average Bonchev–Trinajstić information content (AvgIpc) is 3.29. The number of ether oxygens (including phenoxy) is 2. The van der Waals surface area contributed by atoms with Gasteiger partial charge in [0.2, 0.25) is 6.10 Å². The minimum Gasteiger partial charge on any atom is -0.485 e. The first-order chi connectivity index (χ1) is 15.2. The van der Waals surface area contributed by atoms with E-state index in [0.29, 0.717) is 33.5 Å². The van der Waals surface area contributed by atoms with E-state index < -0.39 is 6.10 Å². The van der Waals surface area contributed by atoms with Crippen LogP contribution in [0.4, 0.5) is 10.1 Å². The van der Waals surface area contributed by atoms with Crippen molar-refractivity contribution in [2.24, 2.45) is 0 Å². The molecule has 5 nitrogen and oxygen atoms in total. The van der Waals surface area contributed by atoms with Crippen molar-refractivity contribution < 1.29 is 18.7 Å². The Balaban J connectivity index is 1.38. The number of nitrogens with zero attached hydrogens (tertiary/aromatic N) is 1. The van der Waals surface area contributed by atoms with E-state index in [0.717, 1.165) is 5.56 Å². The molecule has 0 spiro atoms. The van der Waals surface area contributed by atoms with Crippen LogP contribution in [0.5, 0.6) is 11.5 Å². The first kappa shape index (κ1) is 19.3. The minimum atomic E-state index is -0.771. The second kappa shape index (κ2) is 8.20. The van der Waals surface area contributed by atoms with Crippen molar-refractivity contribution in [3.8, 4) is 33.3 Å². The van der Waals surface area contributed by atoms with Gasteiger partial charge >= 0.3 is 0 Å². The molecule has 1 atom stereocenters. The standard InChI is InChI=1S/C24H17FN2O3S/c25-17-9-3-1-7-15(17)24-27-19(14-31-24)16-8-2-4-10-18(16)26-23(28)22-13-29-20-11-5-6-12-21(20)30-22/h1-12,14,22H,13H2,(H,26,28)/t22-/m1/s1. The number of aromatic nitrogens is 1. The molecule has 0 unspecified atom stereocenters. The predicted molar refractivity (Wildman–Crippen MR) is 118 cm³/mol. The zero-order valence-electron chi connectivity index (χ0n) is 16.2. The summed E-state index contributed by atoms with van der Waals surface area (Å²) in [5, 5.41) is 5.35. The number of carbonyl (C=O) groups excluding carboxylic acids is 1. The normalized spacial score (nSPS) is 14.8. The van der Waals surface area contributed by atoms with Gasteiger partial charge in [-0.3, -0.25) is 4.79 Å². The second-order valence-electron chi connectivity index (χ2n) is 6.92. The first-order valence-corrected chi connectivity index (χ1v) is 10.6. The lowest BCUT2D eigenvalue weighted by Crippen LogP contribution is -2.40. The number of anilines is 1. The molecular weight excluding hydrogens is 415 g/mol. The first-order valence-electron chi connectivity index (χ1n) is 9.68. The van der Waals surface area contributed by atoms with Crippen LogP contribution in [-0.2, 0) is 4.79 Å². The molecule has 2 heterocycles. The van der Waals surface area contributed by atoms with Crippen LogP contribution in [0, 0.1) is 5.82 Å². The number of nitrogens with one attached hydrogen (secondary N) is 1. The Hall–Kier alpha value is -3.71. The molecule has 0 bridgehead atoms. The molecule has 0 fully saturated rings. The maximum absolute atomic E-state index is 14.1. The van der Waals surface area contributed by atoms with E-state index in [2.05, 4.69) is 10.3 Å². The number of thiazole rings is 1. The summed E-state index contributed by atoms with van der Waals surface area (Å²) in [5.74, 6) is 0.525. The smallest absolute Gasteiger partial charge is 0.269 e. The van der Waals surface area contributed by atoms with Crippen LogP contribution in [0.3, 0.4) is 0 Å². The Bertz CT molecular complexity index is 1260. The van der Waals surface area contributed by atoms with E-state index >= 15 is 0 Å².